The third kappa shape index (κ3) is 3.61. The molecule has 1 amide bonds. The highest BCUT2D eigenvalue weighted by atomic mass is 16.5. The molecule has 5 heteroatoms. The lowest BCUT2D eigenvalue weighted by atomic mass is 10.1. The number of anilines is 1. The van der Waals surface area contributed by atoms with Crippen LogP contribution in [0.4, 0.5) is 5.69 Å². The van der Waals surface area contributed by atoms with Gasteiger partial charge in [0.15, 0.2) is 0 Å². The fraction of sp³-hybridized carbons (Fsp3) is 0.250. The molecule has 5 nitrogen and oxygen atoms in total. The summed E-state index contributed by atoms with van der Waals surface area (Å²) in [5, 5.41) is 11.2. The quantitative estimate of drug-likeness (QED) is 0.627. The summed E-state index contributed by atoms with van der Waals surface area (Å²) in [7, 11) is 0. The summed E-state index contributed by atoms with van der Waals surface area (Å²) < 4.78 is 4.63. The summed E-state index contributed by atoms with van der Waals surface area (Å²) in [6, 6.07) is 10.2. The van der Waals surface area contributed by atoms with Crippen LogP contribution in [0.15, 0.2) is 30.3 Å². The van der Waals surface area contributed by atoms with Crippen LogP contribution in [0.25, 0.3) is 0 Å². The van der Waals surface area contributed by atoms with Crippen LogP contribution in [0.1, 0.15) is 6.92 Å². The van der Waals surface area contributed by atoms with Crippen molar-refractivity contribution in [3.8, 4) is 6.07 Å². The number of hydrogen-bond acceptors (Lipinski definition) is 4. The molecule has 1 atom stereocenters. The molecule has 1 aromatic rings. The van der Waals surface area contributed by atoms with Crippen LogP contribution in [-0.2, 0) is 14.3 Å². The van der Waals surface area contributed by atoms with Crippen LogP contribution in [0.3, 0.4) is 0 Å². The molecule has 0 fully saturated rings. The van der Waals surface area contributed by atoms with E-state index in [1.54, 1.807) is 43.3 Å². The molecule has 17 heavy (non-hydrogen) atoms. The van der Waals surface area contributed by atoms with Crippen molar-refractivity contribution < 1.29 is 14.3 Å². The van der Waals surface area contributed by atoms with Gasteiger partial charge in [0, 0.05) is 5.69 Å². The number of carbonyl (C=O) groups excluding carboxylic acids is 2. The second kappa shape index (κ2) is 6.28. The fourth-order valence-corrected chi connectivity index (χ4v) is 1.18. The number of nitrogens with one attached hydrogen (secondary N) is 1. The van der Waals surface area contributed by atoms with Gasteiger partial charge < -0.3 is 10.1 Å². The van der Waals surface area contributed by atoms with Gasteiger partial charge in [0.2, 0.25) is 5.92 Å². The van der Waals surface area contributed by atoms with Crippen LogP contribution < -0.4 is 5.32 Å². The van der Waals surface area contributed by atoms with Gasteiger partial charge in [-0.05, 0) is 19.1 Å². The highest BCUT2D eigenvalue weighted by Crippen LogP contribution is 2.08. The largest absolute Gasteiger partial charge is 0.465 e. The van der Waals surface area contributed by atoms with E-state index in [1.807, 2.05) is 0 Å². The van der Waals surface area contributed by atoms with E-state index >= 15 is 0 Å². The number of nitriles is 1. The first-order chi connectivity index (χ1) is 8.19. The van der Waals surface area contributed by atoms with E-state index in [0.717, 1.165) is 0 Å². The van der Waals surface area contributed by atoms with Crippen LogP contribution in [0.2, 0.25) is 0 Å². The molecule has 0 aliphatic heterocycles. The number of benzene rings is 1. The monoisotopic (exact) mass is 232 g/mol. The highest BCUT2D eigenvalue weighted by Gasteiger charge is 2.27. The van der Waals surface area contributed by atoms with E-state index in [1.165, 1.54) is 0 Å². The minimum atomic E-state index is -1.44. The second-order valence-corrected chi connectivity index (χ2v) is 3.17. The zero-order chi connectivity index (χ0) is 12.7. The predicted octanol–water partition coefficient (Wildman–Crippen LogP) is 1.33. The highest BCUT2D eigenvalue weighted by molar-refractivity contribution is 6.06. The van der Waals surface area contributed by atoms with E-state index in [0.29, 0.717) is 5.69 Å². The maximum atomic E-state index is 11.6. The second-order valence-electron chi connectivity index (χ2n) is 3.17. The molecule has 0 spiro atoms. The minimum absolute atomic E-state index is 0.135. The summed E-state index contributed by atoms with van der Waals surface area (Å²) in [5.74, 6) is -2.95. The van der Waals surface area contributed by atoms with Gasteiger partial charge in [0.25, 0.3) is 5.91 Å². The average molecular weight is 232 g/mol. The third-order valence-corrected chi connectivity index (χ3v) is 1.95. The molecule has 0 bridgehead atoms. The summed E-state index contributed by atoms with van der Waals surface area (Å²) in [6.45, 7) is 1.75. The Morgan fingerprint density at radius 1 is 1.41 bits per heavy atom. The first-order valence-electron chi connectivity index (χ1n) is 5.11. The van der Waals surface area contributed by atoms with E-state index in [-0.39, 0.29) is 6.61 Å². The Hall–Kier alpha value is -2.35. The van der Waals surface area contributed by atoms with Crippen molar-refractivity contribution in [2.75, 3.05) is 11.9 Å². The lowest BCUT2D eigenvalue weighted by Crippen LogP contribution is -2.30. The lowest BCUT2D eigenvalue weighted by molar-refractivity contribution is -0.148. The Bertz CT molecular complexity index is 437. The van der Waals surface area contributed by atoms with E-state index in [2.05, 4.69) is 10.1 Å². The Morgan fingerprint density at radius 3 is 2.59 bits per heavy atom. The Kier molecular flexibility index (Phi) is 4.70. The van der Waals surface area contributed by atoms with Crippen molar-refractivity contribution in [3.05, 3.63) is 30.3 Å². The molecule has 88 valence electrons. The lowest BCUT2D eigenvalue weighted by Gasteiger charge is -2.09. The molecular formula is C12H12N2O3. The molecule has 0 saturated carbocycles. The van der Waals surface area contributed by atoms with Crippen molar-refractivity contribution in [3.63, 3.8) is 0 Å². The van der Waals surface area contributed by atoms with Gasteiger partial charge in [-0.25, -0.2) is 0 Å². The summed E-state index contributed by atoms with van der Waals surface area (Å²) >= 11 is 0. The molecule has 0 aliphatic carbocycles. The zero-order valence-electron chi connectivity index (χ0n) is 9.34. The number of amides is 1. The van der Waals surface area contributed by atoms with Gasteiger partial charge in [-0.3, -0.25) is 9.59 Å². The molecule has 0 aromatic heterocycles. The molecule has 0 radical (unpaired) electrons. The topological polar surface area (TPSA) is 79.2 Å². The average Bonchev–Trinajstić information content (AvgIpc) is 2.31. The maximum Gasteiger partial charge on any atom is 0.333 e. The summed E-state index contributed by atoms with van der Waals surface area (Å²) in [5.41, 5.74) is 0.530. The molecule has 0 saturated heterocycles. The van der Waals surface area contributed by atoms with Crippen LogP contribution in [0, 0.1) is 17.2 Å². The predicted molar refractivity (Wildman–Crippen MR) is 60.8 cm³/mol. The van der Waals surface area contributed by atoms with Crippen molar-refractivity contribution in [1.29, 1.82) is 5.26 Å². The summed E-state index contributed by atoms with van der Waals surface area (Å²) in [4.78, 5) is 22.9. The Labute approximate surface area is 99.0 Å². The van der Waals surface area contributed by atoms with Gasteiger partial charge in [0.1, 0.15) is 0 Å². The Balaban J connectivity index is 2.69. The number of hydrogen-bond donors (Lipinski definition) is 1. The van der Waals surface area contributed by atoms with E-state index in [4.69, 9.17) is 5.26 Å². The van der Waals surface area contributed by atoms with Gasteiger partial charge >= 0.3 is 5.97 Å². The number of nitrogens with zero attached hydrogens (tertiary/aromatic N) is 1. The SMILES string of the molecule is CCOC(=O)C(C#N)C(=O)Nc1ccccc1. The molecule has 0 aliphatic rings. The van der Waals surface area contributed by atoms with Gasteiger partial charge in [-0.15, -0.1) is 0 Å². The zero-order valence-corrected chi connectivity index (χ0v) is 9.34. The number of esters is 1. The van der Waals surface area contributed by atoms with E-state index < -0.39 is 17.8 Å². The van der Waals surface area contributed by atoms with Gasteiger partial charge in [-0.1, -0.05) is 18.2 Å². The number of para-hydroxylation sites is 1. The first kappa shape index (κ1) is 12.7. The molecule has 1 N–H and O–H groups in total. The van der Waals surface area contributed by atoms with E-state index in [9.17, 15) is 9.59 Å². The summed E-state index contributed by atoms with van der Waals surface area (Å²) in [6.07, 6.45) is 0. The van der Waals surface area contributed by atoms with Gasteiger partial charge in [-0.2, -0.15) is 5.26 Å². The number of ether oxygens (including phenoxy) is 1. The molecule has 1 unspecified atom stereocenters. The first-order valence-corrected chi connectivity index (χ1v) is 5.11. The number of rotatable bonds is 4. The number of carbonyl (C=O) groups is 2. The van der Waals surface area contributed by atoms with Crippen molar-refractivity contribution in [1.82, 2.24) is 0 Å². The van der Waals surface area contributed by atoms with Crippen LogP contribution in [-0.4, -0.2) is 18.5 Å². The standard InChI is InChI=1S/C12H12N2O3/c1-2-17-12(16)10(8-13)11(15)14-9-6-4-3-5-7-9/h3-7,10H,2H2,1H3,(H,14,15). The molecule has 1 aromatic carbocycles. The maximum absolute atomic E-state index is 11.6. The van der Waals surface area contributed by atoms with Crippen molar-refractivity contribution in [2.45, 2.75) is 6.92 Å². The molecular weight excluding hydrogens is 220 g/mol. The Morgan fingerprint density at radius 2 is 2.06 bits per heavy atom. The van der Waals surface area contributed by atoms with Gasteiger partial charge in [0.05, 0.1) is 12.7 Å². The molecule has 0 heterocycles. The van der Waals surface area contributed by atoms with Crippen molar-refractivity contribution >= 4 is 17.6 Å². The van der Waals surface area contributed by atoms with Crippen LogP contribution in [0.5, 0.6) is 0 Å². The van der Waals surface area contributed by atoms with Crippen molar-refractivity contribution in [2.24, 2.45) is 5.92 Å². The molecule has 1 rings (SSSR count). The third-order valence-electron chi connectivity index (χ3n) is 1.95. The van der Waals surface area contributed by atoms with Crippen LogP contribution >= 0.6 is 0 Å². The minimum Gasteiger partial charge on any atom is -0.465 e. The smallest absolute Gasteiger partial charge is 0.333 e. The fourth-order valence-electron chi connectivity index (χ4n) is 1.18. The normalized spacial score (nSPS) is 11.1.